The van der Waals surface area contributed by atoms with Crippen molar-refractivity contribution in [1.29, 1.82) is 0 Å². The van der Waals surface area contributed by atoms with Gasteiger partial charge in [-0.3, -0.25) is 0 Å². The minimum Gasteiger partial charge on any atom is -0.340 e. The maximum absolute atomic E-state index is 4.10. The molecule has 0 bridgehead atoms. The molecule has 0 unspecified atom stereocenters. The molecular formula is C6H5BrN3+. The van der Waals surface area contributed by atoms with Gasteiger partial charge in [0.15, 0.2) is 12.4 Å². The van der Waals surface area contributed by atoms with Crippen molar-refractivity contribution < 1.29 is 4.98 Å². The number of imidazole rings is 1. The molecule has 10 heavy (non-hydrogen) atoms. The van der Waals surface area contributed by atoms with E-state index in [-0.39, 0.29) is 0 Å². The Hall–Kier alpha value is -0.900. The van der Waals surface area contributed by atoms with E-state index in [9.17, 15) is 0 Å². The van der Waals surface area contributed by atoms with Gasteiger partial charge in [-0.2, -0.15) is 0 Å². The van der Waals surface area contributed by atoms with Crippen LogP contribution >= 0.6 is 15.9 Å². The average Bonchev–Trinajstić information content (AvgIpc) is 2.36. The molecule has 0 atom stereocenters. The Morgan fingerprint density at radius 2 is 2.40 bits per heavy atom. The molecule has 0 fully saturated rings. The zero-order valence-corrected chi connectivity index (χ0v) is 6.64. The molecule has 0 aliphatic rings. The number of halogens is 1. The van der Waals surface area contributed by atoms with Gasteiger partial charge < -0.3 is 4.98 Å². The van der Waals surface area contributed by atoms with Crippen molar-refractivity contribution in [3.63, 3.8) is 0 Å². The van der Waals surface area contributed by atoms with Gasteiger partial charge in [-0.15, -0.1) is 0 Å². The lowest BCUT2D eigenvalue weighted by atomic mass is 10.4. The predicted octanol–water partition coefficient (Wildman–Crippen LogP) is 1.14. The van der Waals surface area contributed by atoms with Crippen molar-refractivity contribution in [3.05, 3.63) is 23.2 Å². The molecule has 50 valence electrons. The molecule has 4 heteroatoms. The van der Waals surface area contributed by atoms with E-state index in [1.54, 1.807) is 6.33 Å². The number of pyridine rings is 1. The number of nitrogens with one attached hydrogen (secondary N) is 2. The number of nitrogens with zero attached hydrogens (tertiary/aromatic N) is 1. The number of hydrogen-bond acceptors (Lipinski definition) is 1. The van der Waals surface area contributed by atoms with Gasteiger partial charge in [0.1, 0.15) is 15.5 Å². The van der Waals surface area contributed by atoms with E-state index in [2.05, 4.69) is 30.9 Å². The third kappa shape index (κ3) is 0.724. The molecule has 2 heterocycles. The van der Waals surface area contributed by atoms with Gasteiger partial charge in [0.2, 0.25) is 0 Å². The monoisotopic (exact) mass is 198 g/mol. The summed E-state index contributed by atoms with van der Waals surface area (Å²) < 4.78 is 0.978. The highest BCUT2D eigenvalue weighted by Gasteiger charge is 2.02. The first-order chi connectivity index (χ1) is 4.88. The fourth-order valence-corrected chi connectivity index (χ4v) is 1.32. The molecule has 2 N–H and O–H groups in total. The van der Waals surface area contributed by atoms with Crippen molar-refractivity contribution in [1.82, 2.24) is 9.97 Å². The Bertz CT molecular complexity index is 355. The maximum Gasteiger partial charge on any atom is 0.193 e. The van der Waals surface area contributed by atoms with Gasteiger partial charge in [-0.25, -0.2) is 9.97 Å². The molecule has 2 aromatic heterocycles. The Kier molecular flexibility index (Phi) is 1.20. The SMILES string of the molecule is Brc1c[nH+]cc2[nH]cnc12. The molecule has 0 saturated carbocycles. The molecular weight excluding hydrogens is 194 g/mol. The summed E-state index contributed by atoms with van der Waals surface area (Å²) in [5.74, 6) is 0. The number of aromatic amines is 2. The van der Waals surface area contributed by atoms with E-state index in [4.69, 9.17) is 0 Å². The Balaban J connectivity index is 2.95. The van der Waals surface area contributed by atoms with Gasteiger partial charge in [0.25, 0.3) is 0 Å². The molecule has 0 saturated heterocycles. The molecule has 0 spiro atoms. The van der Waals surface area contributed by atoms with Gasteiger partial charge in [0, 0.05) is 0 Å². The summed E-state index contributed by atoms with van der Waals surface area (Å²) in [6, 6.07) is 0. The first-order valence-corrected chi connectivity index (χ1v) is 3.66. The molecule has 2 aromatic rings. The van der Waals surface area contributed by atoms with E-state index < -0.39 is 0 Å². The number of aromatic nitrogens is 3. The van der Waals surface area contributed by atoms with Gasteiger partial charge in [0.05, 0.1) is 6.33 Å². The Labute approximate surface area is 65.6 Å². The zero-order valence-electron chi connectivity index (χ0n) is 5.06. The second-order valence-corrected chi connectivity index (χ2v) is 2.82. The van der Waals surface area contributed by atoms with Crippen LogP contribution in [0.5, 0.6) is 0 Å². The highest BCUT2D eigenvalue weighted by atomic mass is 79.9. The first-order valence-electron chi connectivity index (χ1n) is 2.86. The maximum atomic E-state index is 4.10. The standard InChI is InChI=1S/C6H4BrN3/c7-4-1-8-2-5-6(4)10-3-9-5/h1-3H,(H,9,10)/p+1. The largest absolute Gasteiger partial charge is 0.340 e. The fraction of sp³-hybridized carbons (Fsp3) is 0. The summed E-state index contributed by atoms with van der Waals surface area (Å²) in [4.78, 5) is 10.1. The first kappa shape index (κ1) is 5.85. The molecule has 0 aromatic carbocycles. The highest BCUT2D eigenvalue weighted by Crippen LogP contribution is 2.16. The normalized spacial score (nSPS) is 10.5. The van der Waals surface area contributed by atoms with Crippen LogP contribution in [0.4, 0.5) is 0 Å². The Morgan fingerprint density at radius 1 is 1.50 bits per heavy atom. The van der Waals surface area contributed by atoms with E-state index in [1.807, 2.05) is 12.4 Å². The summed E-state index contributed by atoms with van der Waals surface area (Å²) in [6.45, 7) is 0. The van der Waals surface area contributed by atoms with E-state index in [0.717, 1.165) is 15.5 Å². The van der Waals surface area contributed by atoms with E-state index in [1.165, 1.54) is 0 Å². The second-order valence-electron chi connectivity index (χ2n) is 1.97. The average molecular weight is 199 g/mol. The van der Waals surface area contributed by atoms with E-state index >= 15 is 0 Å². The highest BCUT2D eigenvalue weighted by molar-refractivity contribution is 9.10. The van der Waals surface area contributed by atoms with Crippen LogP contribution in [0, 0.1) is 0 Å². The second kappa shape index (κ2) is 2.05. The minimum absolute atomic E-state index is 0.957. The van der Waals surface area contributed by atoms with Crippen LogP contribution in [0.1, 0.15) is 0 Å². The lowest BCUT2D eigenvalue weighted by Crippen LogP contribution is -1.98. The molecule has 0 aliphatic carbocycles. The third-order valence-corrected chi connectivity index (χ3v) is 1.94. The van der Waals surface area contributed by atoms with Gasteiger partial charge >= 0.3 is 0 Å². The number of rotatable bonds is 0. The van der Waals surface area contributed by atoms with Crippen molar-refractivity contribution in [2.75, 3.05) is 0 Å². The molecule has 0 radical (unpaired) electrons. The number of hydrogen-bond donors (Lipinski definition) is 1. The van der Waals surface area contributed by atoms with Crippen LogP contribution in [0.25, 0.3) is 11.0 Å². The molecule has 0 aliphatic heterocycles. The lowest BCUT2D eigenvalue weighted by molar-refractivity contribution is -0.376. The van der Waals surface area contributed by atoms with Crippen molar-refractivity contribution >= 4 is 27.0 Å². The third-order valence-electron chi connectivity index (χ3n) is 1.33. The van der Waals surface area contributed by atoms with Crippen LogP contribution < -0.4 is 4.98 Å². The van der Waals surface area contributed by atoms with E-state index in [0.29, 0.717) is 0 Å². The number of fused-ring (bicyclic) bond motifs is 1. The zero-order chi connectivity index (χ0) is 6.97. The van der Waals surface area contributed by atoms with Crippen LogP contribution in [0.15, 0.2) is 23.2 Å². The van der Waals surface area contributed by atoms with Gasteiger partial charge in [-0.1, -0.05) is 0 Å². The molecule has 3 nitrogen and oxygen atoms in total. The lowest BCUT2D eigenvalue weighted by Gasteiger charge is -1.83. The summed E-state index contributed by atoms with van der Waals surface area (Å²) in [7, 11) is 0. The quantitative estimate of drug-likeness (QED) is 0.679. The predicted molar refractivity (Wildman–Crippen MR) is 40.3 cm³/mol. The van der Waals surface area contributed by atoms with Crippen molar-refractivity contribution in [2.45, 2.75) is 0 Å². The fourth-order valence-electron chi connectivity index (χ4n) is 0.871. The minimum atomic E-state index is 0.957. The van der Waals surface area contributed by atoms with Crippen molar-refractivity contribution in [2.24, 2.45) is 0 Å². The van der Waals surface area contributed by atoms with Crippen LogP contribution in [-0.4, -0.2) is 9.97 Å². The molecule has 2 rings (SSSR count). The van der Waals surface area contributed by atoms with Crippen LogP contribution in [-0.2, 0) is 0 Å². The smallest absolute Gasteiger partial charge is 0.193 e. The van der Waals surface area contributed by atoms with Crippen molar-refractivity contribution in [3.8, 4) is 0 Å². The summed E-state index contributed by atoms with van der Waals surface area (Å²) in [5.41, 5.74) is 1.97. The number of H-pyrrole nitrogens is 2. The topological polar surface area (TPSA) is 42.8 Å². The van der Waals surface area contributed by atoms with Crippen LogP contribution in [0.3, 0.4) is 0 Å². The molecule has 0 amide bonds. The summed E-state index contributed by atoms with van der Waals surface area (Å²) in [5, 5.41) is 0. The van der Waals surface area contributed by atoms with Crippen LogP contribution in [0.2, 0.25) is 0 Å². The summed E-state index contributed by atoms with van der Waals surface area (Å²) in [6.07, 6.45) is 5.39. The van der Waals surface area contributed by atoms with Gasteiger partial charge in [-0.05, 0) is 15.9 Å². The Morgan fingerprint density at radius 3 is 3.20 bits per heavy atom. The summed E-state index contributed by atoms with van der Waals surface area (Å²) >= 11 is 3.36.